The van der Waals surface area contributed by atoms with Crippen LogP contribution in [0.25, 0.3) is 0 Å². The third-order valence-corrected chi connectivity index (χ3v) is 2.44. The average molecular weight is 177 g/mol. The Morgan fingerprint density at radius 1 is 1.31 bits per heavy atom. The van der Waals surface area contributed by atoms with E-state index >= 15 is 0 Å². The standard InChI is InChI=1S/C9H12BNO2/c11-9-5-7(6-1-2-6)3-4-8(9)10(12)13/h3-6,12-13H,1-2,11H2. The Morgan fingerprint density at radius 3 is 2.46 bits per heavy atom. The van der Waals surface area contributed by atoms with Gasteiger partial charge in [-0.25, -0.2) is 0 Å². The molecule has 4 heteroatoms. The summed E-state index contributed by atoms with van der Waals surface area (Å²) >= 11 is 0. The van der Waals surface area contributed by atoms with Crippen LogP contribution in [0.3, 0.4) is 0 Å². The van der Waals surface area contributed by atoms with Crippen LogP contribution in [0.2, 0.25) is 0 Å². The zero-order valence-electron chi connectivity index (χ0n) is 7.27. The molecule has 0 radical (unpaired) electrons. The number of nitrogens with two attached hydrogens (primary N) is 1. The summed E-state index contributed by atoms with van der Waals surface area (Å²) < 4.78 is 0. The summed E-state index contributed by atoms with van der Waals surface area (Å²) in [7, 11) is -1.46. The summed E-state index contributed by atoms with van der Waals surface area (Å²) in [6.45, 7) is 0. The van der Waals surface area contributed by atoms with E-state index in [1.165, 1.54) is 18.4 Å². The molecule has 0 unspecified atom stereocenters. The van der Waals surface area contributed by atoms with E-state index in [9.17, 15) is 0 Å². The van der Waals surface area contributed by atoms with Crippen molar-refractivity contribution in [3.05, 3.63) is 23.8 Å². The van der Waals surface area contributed by atoms with Gasteiger partial charge in [-0.05, 0) is 30.4 Å². The summed E-state index contributed by atoms with van der Waals surface area (Å²) in [5, 5.41) is 17.9. The Hall–Kier alpha value is -0.995. The molecule has 1 aliphatic carbocycles. The number of nitrogen functional groups attached to an aromatic ring is 1. The maximum Gasteiger partial charge on any atom is 0.490 e. The number of hydrogen-bond acceptors (Lipinski definition) is 3. The molecule has 1 aromatic carbocycles. The monoisotopic (exact) mass is 177 g/mol. The molecule has 0 atom stereocenters. The van der Waals surface area contributed by atoms with Crippen molar-refractivity contribution < 1.29 is 10.0 Å². The second-order valence-corrected chi connectivity index (χ2v) is 3.54. The maximum absolute atomic E-state index is 8.93. The molecule has 3 nitrogen and oxygen atoms in total. The van der Waals surface area contributed by atoms with E-state index in [0.717, 1.165) is 0 Å². The van der Waals surface area contributed by atoms with Crippen LogP contribution in [-0.4, -0.2) is 17.2 Å². The second kappa shape index (κ2) is 3.05. The normalized spacial score (nSPS) is 15.8. The molecule has 1 saturated carbocycles. The van der Waals surface area contributed by atoms with Crippen LogP contribution in [0.4, 0.5) is 5.69 Å². The van der Waals surface area contributed by atoms with Gasteiger partial charge in [0.1, 0.15) is 0 Å². The number of anilines is 1. The van der Waals surface area contributed by atoms with Crippen LogP contribution in [0.1, 0.15) is 24.3 Å². The molecule has 0 amide bonds. The highest BCUT2D eigenvalue weighted by Crippen LogP contribution is 2.40. The lowest BCUT2D eigenvalue weighted by Crippen LogP contribution is -2.32. The third-order valence-electron chi connectivity index (χ3n) is 2.44. The van der Waals surface area contributed by atoms with Crippen LogP contribution < -0.4 is 11.2 Å². The van der Waals surface area contributed by atoms with Crippen LogP contribution in [0.5, 0.6) is 0 Å². The van der Waals surface area contributed by atoms with Crippen LogP contribution in [-0.2, 0) is 0 Å². The third kappa shape index (κ3) is 1.69. The van der Waals surface area contributed by atoms with Crippen molar-refractivity contribution in [1.82, 2.24) is 0 Å². The van der Waals surface area contributed by atoms with Gasteiger partial charge in [0.05, 0.1) is 0 Å². The number of rotatable bonds is 2. The van der Waals surface area contributed by atoms with Gasteiger partial charge in [0.15, 0.2) is 0 Å². The average Bonchev–Trinajstić information content (AvgIpc) is 2.85. The first-order valence-corrected chi connectivity index (χ1v) is 4.44. The highest BCUT2D eigenvalue weighted by atomic mass is 16.4. The molecule has 2 rings (SSSR count). The Bertz CT molecular complexity index is 323. The SMILES string of the molecule is Nc1cc(C2CC2)ccc1B(O)O. The van der Waals surface area contributed by atoms with Gasteiger partial charge in [-0.2, -0.15) is 0 Å². The summed E-state index contributed by atoms with van der Waals surface area (Å²) in [6, 6.07) is 5.45. The Labute approximate surface area is 77.3 Å². The predicted octanol–water partition coefficient (Wildman–Crippen LogP) is -0.174. The van der Waals surface area contributed by atoms with E-state index in [1.807, 2.05) is 12.1 Å². The lowest BCUT2D eigenvalue weighted by atomic mass is 9.78. The van der Waals surface area contributed by atoms with Crippen LogP contribution >= 0.6 is 0 Å². The van der Waals surface area contributed by atoms with Crippen LogP contribution in [0, 0.1) is 0 Å². The van der Waals surface area contributed by atoms with Crippen molar-refractivity contribution in [3.63, 3.8) is 0 Å². The Morgan fingerprint density at radius 2 is 2.00 bits per heavy atom. The van der Waals surface area contributed by atoms with E-state index in [0.29, 0.717) is 17.1 Å². The van der Waals surface area contributed by atoms with Crippen molar-refractivity contribution in [2.75, 3.05) is 5.73 Å². The Kier molecular flexibility index (Phi) is 2.02. The molecule has 0 saturated heterocycles. The van der Waals surface area contributed by atoms with E-state index in [-0.39, 0.29) is 0 Å². The largest absolute Gasteiger partial charge is 0.490 e. The first kappa shape index (κ1) is 8.60. The fourth-order valence-corrected chi connectivity index (χ4v) is 1.50. The smallest absolute Gasteiger partial charge is 0.423 e. The molecule has 0 bridgehead atoms. The van der Waals surface area contributed by atoms with E-state index in [1.54, 1.807) is 6.07 Å². The topological polar surface area (TPSA) is 66.5 Å². The van der Waals surface area contributed by atoms with Crippen molar-refractivity contribution in [2.45, 2.75) is 18.8 Å². The van der Waals surface area contributed by atoms with Crippen molar-refractivity contribution in [1.29, 1.82) is 0 Å². The molecule has 4 N–H and O–H groups in total. The summed E-state index contributed by atoms with van der Waals surface area (Å²) in [4.78, 5) is 0. The fraction of sp³-hybridized carbons (Fsp3) is 0.333. The van der Waals surface area contributed by atoms with Gasteiger partial charge in [-0.15, -0.1) is 0 Å². The van der Waals surface area contributed by atoms with Crippen molar-refractivity contribution in [2.24, 2.45) is 0 Å². The molecule has 0 aliphatic heterocycles. The summed E-state index contributed by atoms with van der Waals surface area (Å²) in [5.41, 5.74) is 7.74. The fourth-order valence-electron chi connectivity index (χ4n) is 1.50. The molecule has 1 fully saturated rings. The zero-order valence-corrected chi connectivity index (χ0v) is 7.27. The first-order valence-electron chi connectivity index (χ1n) is 4.44. The molecule has 68 valence electrons. The quantitative estimate of drug-likeness (QED) is 0.433. The predicted molar refractivity (Wildman–Crippen MR) is 52.7 cm³/mol. The molecular weight excluding hydrogens is 165 g/mol. The van der Waals surface area contributed by atoms with Crippen molar-refractivity contribution >= 4 is 18.3 Å². The first-order chi connectivity index (χ1) is 6.18. The molecule has 13 heavy (non-hydrogen) atoms. The van der Waals surface area contributed by atoms with E-state index in [4.69, 9.17) is 15.8 Å². The highest BCUT2D eigenvalue weighted by Gasteiger charge is 2.24. The molecule has 0 heterocycles. The maximum atomic E-state index is 8.93. The van der Waals surface area contributed by atoms with Crippen LogP contribution in [0.15, 0.2) is 18.2 Å². The van der Waals surface area contributed by atoms with Gasteiger partial charge < -0.3 is 15.8 Å². The van der Waals surface area contributed by atoms with Gasteiger partial charge in [-0.1, -0.05) is 12.1 Å². The molecular formula is C9H12BNO2. The summed E-state index contributed by atoms with van der Waals surface area (Å²) in [5.74, 6) is 0.646. The molecule has 1 aromatic rings. The molecule has 1 aliphatic rings. The minimum atomic E-state index is -1.46. The van der Waals surface area contributed by atoms with E-state index < -0.39 is 7.12 Å². The second-order valence-electron chi connectivity index (χ2n) is 3.54. The highest BCUT2D eigenvalue weighted by molar-refractivity contribution is 6.60. The van der Waals surface area contributed by atoms with Gasteiger partial charge in [0.2, 0.25) is 0 Å². The summed E-state index contributed by atoms with van der Waals surface area (Å²) in [6.07, 6.45) is 2.45. The van der Waals surface area contributed by atoms with Crippen molar-refractivity contribution in [3.8, 4) is 0 Å². The molecule has 0 spiro atoms. The minimum Gasteiger partial charge on any atom is -0.423 e. The van der Waals surface area contributed by atoms with Gasteiger partial charge in [0.25, 0.3) is 0 Å². The number of hydrogen-bond donors (Lipinski definition) is 3. The molecule has 0 aromatic heterocycles. The Balaban J connectivity index is 2.31. The van der Waals surface area contributed by atoms with Gasteiger partial charge >= 0.3 is 7.12 Å². The lowest BCUT2D eigenvalue weighted by molar-refractivity contribution is 0.426. The minimum absolute atomic E-state index is 0.393. The lowest BCUT2D eigenvalue weighted by Gasteiger charge is -2.06. The number of benzene rings is 1. The van der Waals surface area contributed by atoms with Gasteiger partial charge in [0, 0.05) is 11.2 Å². The van der Waals surface area contributed by atoms with E-state index in [2.05, 4.69) is 0 Å². The van der Waals surface area contributed by atoms with Gasteiger partial charge in [-0.3, -0.25) is 0 Å². The zero-order chi connectivity index (χ0) is 9.42.